The first kappa shape index (κ1) is 21.7. The molecule has 0 atom stereocenters. The number of nitro groups is 1. The molecule has 0 amide bonds. The summed E-state index contributed by atoms with van der Waals surface area (Å²) in [6.45, 7) is 4.25. The Morgan fingerprint density at radius 3 is 2.53 bits per heavy atom. The second kappa shape index (κ2) is 9.74. The standard InChI is InChI=1S/C24H24N4O3S/c1-3-9-18(10-4-2)26-27-21(23-15-17-11-5-8-14-22(17)31-23)16-32-24(27)25-19-12-6-7-13-20(19)28(29)30/h5-8,11-16H,3-4,9-10H2,1-2H3. The summed E-state index contributed by atoms with van der Waals surface area (Å²) in [7, 11) is 0. The van der Waals surface area contributed by atoms with Gasteiger partial charge < -0.3 is 4.42 Å². The maximum absolute atomic E-state index is 11.5. The first-order valence-corrected chi connectivity index (χ1v) is 11.5. The number of nitrogens with zero attached hydrogens (tertiary/aromatic N) is 4. The highest BCUT2D eigenvalue weighted by atomic mass is 32.1. The zero-order chi connectivity index (χ0) is 22.5. The summed E-state index contributed by atoms with van der Waals surface area (Å²) in [5, 5.41) is 19.3. The van der Waals surface area contributed by atoms with Gasteiger partial charge in [0.2, 0.25) is 4.80 Å². The third-order valence-electron chi connectivity index (χ3n) is 4.98. The highest BCUT2D eigenvalue weighted by molar-refractivity contribution is 7.07. The zero-order valence-corrected chi connectivity index (χ0v) is 18.8. The van der Waals surface area contributed by atoms with Gasteiger partial charge in [-0.25, -0.2) is 9.67 Å². The molecule has 0 saturated carbocycles. The first-order chi connectivity index (χ1) is 15.6. The smallest absolute Gasteiger partial charge is 0.294 e. The van der Waals surface area contributed by atoms with Crippen molar-refractivity contribution in [1.29, 1.82) is 0 Å². The molecule has 2 aromatic heterocycles. The van der Waals surface area contributed by atoms with Crippen molar-refractivity contribution in [2.24, 2.45) is 10.1 Å². The van der Waals surface area contributed by atoms with Crippen molar-refractivity contribution >= 4 is 39.4 Å². The fraction of sp³-hybridized carbons (Fsp3) is 0.250. The predicted molar refractivity (Wildman–Crippen MR) is 128 cm³/mol. The lowest BCUT2D eigenvalue weighted by Crippen LogP contribution is -2.14. The van der Waals surface area contributed by atoms with Crippen molar-refractivity contribution in [2.45, 2.75) is 39.5 Å². The molecule has 0 saturated heterocycles. The number of nitro benzene ring substituents is 1. The number of hydrogen-bond acceptors (Lipinski definition) is 6. The van der Waals surface area contributed by atoms with Gasteiger partial charge in [0.15, 0.2) is 5.76 Å². The zero-order valence-electron chi connectivity index (χ0n) is 18.0. The number of fused-ring (bicyclic) bond motifs is 1. The summed E-state index contributed by atoms with van der Waals surface area (Å²) in [6.07, 6.45) is 3.72. The molecule has 8 heteroatoms. The van der Waals surface area contributed by atoms with Crippen LogP contribution in [0.3, 0.4) is 0 Å². The van der Waals surface area contributed by atoms with Gasteiger partial charge in [-0.05, 0) is 31.0 Å². The molecule has 0 aliphatic carbocycles. The van der Waals surface area contributed by atoms with Gasteiger partial charge in [-0.15, -0.1) is 11.3 Å². The molecule has 0 bridgehead atoms. The molecule has 164 valence electrons. The molecule has 0 aliphatic rings. The van der Waals surface area contributed by atoms with Crippen LogP contribution >= 0.6 is 11.3 Å². The van der Waals surface area contributed by atoms with Gasteiger partial charge in [-0.1, -0.05) is 57.0 Å². The molecule has 2 aromatic carbocycles. The number of rotatable bonds is 8. The lowest BCUT2D eigenvalue weighted by molar-refractivity contribution is -0.384. The van der Waals surface area contributed by atoms with Gasteiger partial charge in [-0.3, -0.25) is 10.1 Å². The maximum atomic E-state index is 11.5. The van der Waals surface area contributed by atoms with Crippen LogP contribution in [0.25, 0.3) is 22.4 Å². The van der Waals surface area contributed by atoms with E-state index in [1.165, 1.54) is 17.4 Å². The topological polar surface area (TPSA) is 85.9 Å². The summed E-state index contributed by atoms with van der Waals surface area (Å²) in [5.41, 5.74) is 2.89. The Morgan fingerprint density at radius 1 is 1.09 bits per heavy atom. The Hall–Kier alpha value is -3.52. The molecule has 32 heavy (non-hydrogen) atoms. The minimum absolute atomic E-state index is 0.0379. The second-order valence-corrected chi connectivity index (χ2v) is 8.22. The van der Waals surface area contributed by atoms with E-state index in [2.05, 4.69) is 18.8 Å². The van der Waals surface area contributed by atoms with Crippen molar-refractivity contribution in [3.8, 4) is 11.5 Å². The minimum atomic E-state index is -0.417. The monoisotopic (exact) mass is 448 g/mol. The highest BCUT2D eigenvalue weighted by Gasteiger charge is 2.16. The summed E-state index contributed by atoms with van der Waals surface area (Å²) >= 11 is 1.38. The third-order valence-corrected chi connectivity index (χ3v) is 5.79. The van der Waals surface area contributed by atoms with E-state index in [0.29, 0.717) is 16.2 Å². The Bertz CT molecular complexity index is 1310. The number of hydrogen-bond donors (Lipinski definition) is 0. The van der Waals surface area contributed by atoms with E-state index >= 15 is 0 Å². The number of benzene rings is 2. The van der Waals surface area contributed by atoms with Crippen LogP contribution in [0.5, 0.6) is 0 Å². The number of para-hydroxylation sites is 3. The average Bonchev–Trinajstić information content (AvgIpc) is 3.38. The number of furan rings is 1. The molecule has 2 heterocycles. The molecule has 0 spiro atoms. The Balaban J connectivity index is 1.93. The lowest BCUT2D eigenvalue weighted by atomic mass is 10.1. The van der Waals surface area contributed by atoms with Crippen molar-refractivity contribution < 1.29 is 9.34 Å². The summed E-state index contributed by atoms with van der Waals surface area (Å²) < 4.78 is 7.85. The SMILES string of the molecule is CCCC(CCC)=Nn1c(-c2cc3ccccc3o2)csc1=Nc1ccccc1[N+](=O)[O-]. The van der Waals surface area contributed by atoms with Crippen LogP contribution in [0, 0.1) is 10.1 Å². The van der Waals surface area contributed by atoms with E-state index in [1.807, 2.05) is 35.7 Å². The van der Waals surface area contributed by atoms with Crippen LogP contribution in [0.15, 0.2) is 74.5 Å². The molecule has 7 nitrogen and oxygen atoms in total. The Morgan fingerprint density at radius 2 is 1.81 bits per heavy atom. The third kappa shape index (κ3) is 4.55. The molecule has 0 aliphatic heterocycles. The van der Waals surface area contributed by atoms with Crippen LogP contribution in [0.2, 0.25) is 0 Å². The fourth-order valence-corrected chi connectivity index (χ4v) is 4.34. The van der Waals surface area contributed by atoms with Gasteiger partial charge in [0.1, 0.15) is 17.0 Å². The van der Waals surface area contributed by atoms with E-state index in [1.54, 1.807) is 22.9 Å². The van der Waals surface area contributed by atoms with Gasteiger partial charge in [-0.2, -0.15) is 5.10 Å². The van der Waals surface area contributed by atoms with Crippen LogP contribution in [0.4, 0.5) is 11.4 Å². The Labute approximate surface area is 189 Å². The fourth-order valence-electron chi connectivity index (χ4n) is 3.51. The predicted octanol–water partition coefficient (Wildman–Crippen LogP) is 6.91. The molecule has 0 fully saturated rings. The molecule has 0 N–H and O–H groups in total. The summed E-state index contributed by atoms with van der Waals surface area (Å²) in [4.78, 5) is 16.2. The molecule has 0 radical (unpaired) electrons. The summed E-state index contributed by atoms with van der Waals surface area (Å²) in [5.74, 6) is 0.683. The van der Waals surface area contributed by atoms with Crippen molar-refractivity contribution in [3.63, 3.8) is 0 Å². The minimum Gasteiger partial charge on any atom is -0.454 e. The van der Waals surface area contributed by atoms with E-state index in [0.717, 1.165) is 48.1 Å². The van der Waals surface area contributed by atoms with Crippen LogP contribution in [0.1, 0.15) is 39.5 Å². The average molecular weight is 449 g/mol. The van der Waals surface area contributed by atoms with Crippen LogP contribution < -0.4 is 4.80 Å². The van der Waals surface area contributed by atoms with Gasteiger partial charge in [0, 0.05) is 22.5 Å². The van der Waals surface area contributed by atoms with Crippen molar-refractivity contribution in [2.75, 3.05) is 0 Å². The molecule has 4 rings (SSSR count). The van der Waals surface area contributed by atoms with Crippen LogP contribution in [-0.4, -0.2) is 15.3 Å². The van der Waals surface area contributed by atoms with Gasteiger partial charge in [0.05, 0.1) is 4.92 Å². The first-order valence-electron chi connectivity index (χ1n) is 10.6. The van der Waals surface area contributed by atoms with Gasteiger partial charge in [0.25, 0.3) is 5.69 Å². The Kier molecular flexibility index (Phi) is 6.61. The normalized spacial score (nSPS) is 11.8. The lowest BCUT2D eigenvalue weighted by Gasteiger charge is -2.06. The van der Waals surface area contributed by atoms with Crippen molar-refractivity contribution in [3.05, 3.63) is 74.9 Å². The van der Waals surface area contributed by atoms with E-state index in [9.17, 15) is 10.1 Å². The van der Waals surface area contributed by atoms with E-state index in [-0.39, 0.29) is 5.69 Å². The maximum Gasteiger partial charge on any atom is 0.294 e. The molecule has 0 unspecified atom stereocenters. The number of aromatic nitrogens is 1. The molecular formula is C24H24N4O3S. The highest BCUT2D eigenvalue weighted by Crippen LogP contribution is 2.30. The van der Waals surface area contributed by atoms with Crippen molar-refractivity contribution in [1.82, 2.24) is 4.68 Å². The summed E-state index contributed by atoms with van der Waals surface area (Å²) in [6, 6.07) is 16.3. The van der Waals surface area contributed by atoms with E-state index in [4.69, 9.17) is 9.52 Å². The molecular weight excluding hydrogens is 424 g/mol. The molecule has 4 aromatic rings. The van der Waals surface area contributed by atoms with Gasteiger partial charge >= 0.3 is 0 Å². The van der Waals surface area contributed by atoms with Crippen LogP contribution in [-0.2, 0) is 0 Å². The number of thiazole rings is 1. The quantitative estimate of drug-likeness (QED) is 0.167. The largest absolute Gasteiger partial charge is 0.454 e. The van der Waals surface area contributed by atoms with E-state index < -0.39 is 4.92 Å². The second-order valence-electron chi connectivity index (χ2n) is 7.39.